The van der Waals surface area contributed by atoms with Crippen LogP contribution in [0.15, 0.2) is 54.9 Å². The van der Waals surface area contributed by atoms with Crippen LogP contribution in [-0.4, -0.2) is 18.1 Å². The monoisotopic (exact) mass is 306 g/mol. The average molecular weight is 306 g/mol. The highest BCUT2D eigenvalue weighted by molar-refractivity contribution is 5.70. The Kier molecular flexibility index (Phi) is 4.12. The van der Waals surface area contributed by atoms with E-state index in [0.29, 0.717) is 11.8 Å². The highest BCUT2D eigenvalue weighted by Gasteiger charge is 2.28. The molecule has 2 bridgehead atoms. The predicted octanol–water partition coefficient (Wildman–Crippen LogP) is 4.28. The topological polar surface area (TPSA) is 34.1 Å². The third-order valence-electron chi connectivity index (χ3n) is 4.83. The molecule has 3 nitrogen and oxygen atoms in total. The van der Waals surface area contributed by atoms with Gasteiger partial charge in [-0.3, -0.25) is 4.98 Å². The third kappa shape index (κ3) is 3.30. The molecule has 0 saturated carbocycles. The van der Waals surface area contributed by atoms with Crippen molar-refractivity contribution in [2.45, 2.75) is 19.3 Å². The molecule has 1 N–H and O–H groups in total. The van der Waals surface area contributed by atoms with E-state index in [2.05, 4.69) is 22.4 Å². The SMILES string of the molecule is C1=C(c2cncc(Oc3ccccc3)c2)C2CCNCCC1C2. The van der Waals surface area contributed by atoms with Crippen molar-refractivity contribution in [1.82, 2.24) is 10.3 Å². The molecule has 0 amide bonds. The van der Waals surface area contributed by atoms with Crippen LogP contribution in [0.3, 0.4) is 0 Å². The Balaban J connectivity index is 1.58. The Hall–Kier alpha value is -2.13. The Bertz CT molecular complexity index is 696. The van der Waals surface area contributed by atoms with E-state index in [0.717, 1.165) is 24.6 Å². The Morgan fingerprint density at radius 2 is 1.87 bits per heavy atom. The number of para-hydroxylation sites is 1. The first kappa shape index (κ1) is 14.5. The lowest BCUT2D eigenvalue weighted by Gasteiger charge is -2.19. The summed E-state index contributed by atoms with van der Waals surface area (Å²) < 4.78 is 5.94. The number of hydrogen-bond donors (Lipinski definition) is 1. The van der Waals surface area contributed by atoms with Crippen LogP contribution in [0, 0.1) is 11.8 Å². The van der Waals surface area contributed by atoms with Gasteiger partial charge in [-0.05, 0) is 73.5 Å². The first-order valence-corrected chi connectivity index (χ1v) is 8.49. The summed E-state index contributed by atoms with van der Waals surface area (Å²) in [6.07, 6.45) is 9.99. The fraction of sp³-hybridized carbons (Fsp3) is 0.350. The molecule has 1 aliphatic carbocycles. The number of hydrogen-bond acceptors (Lipinski definition) is 3. The summed E-state index contributed by atoms with van der Waals surface area (Å²) in [6.45, 7) is 2.25. The van der Waals surface area contributed by atoms with Crippen molar-refractivity contribution in [3.05, 3.63) is 60.4 Å². The minimum atomic E-state index is 0.654. The van der Waals surface area contributed by atoms with Crippen LogP contribution in [0.25, 0.3) is 5.57 Å². The number of nitrogens with zero attached hydrogens (tertiary/aromatic N) is 1. The van der Waals surface area contributed by atoms with E-state index in [1.54, 1.807) is 6.20 Å². The van der Waals surface area contributed by atoms with E-state index in [1.165, 1.54) is 30.4 Å². The van der Waals surface area contributed by atoms with Crippen molar-refractivity contribution in [2.24, 2.45) is 11.8 Å². The zero-order valence-corrected chi connectivity index (χ0v) is 13.2. The zero-order valence-electron chi connectivity index (χ0n) is 13.2. The van der Waals surface area contributed by atoms with Crippen LogP contribution in [0.4, 0.5) is 0 Å². The number of rotatable bonds is 3. The first-order chi connectivity index (χ1) is 11.4. The molecule has 2 aromatic rings. The quantitative estimate of drug-likeness (QED) is 0.919. The van der Waals surface area contributed by atoms with Gasteiger partial charge in [0.25, 0.3) is 0 Å². The van der Waals surface area contributed by atoms with E-state index >= 15 is 0 Å². The maximum atomic E-state index is 5.94. The van der Waals surface area contributed by atoms with Gasteiger partial charge in [0, 0.05) is 6.20 Å². The van der Waals surface area contributed by atoms with Gasteiger partial charge in [-0.15, -0.1) is 0 Å². The molecular weight excluding hydrogens is 284 g/mol. The Labute approximate surface area is 137 Å². The van der Waals surface area contributed by atoms with Gasteiger partial charge in [0.1, 0.15) is 11.5 Å². The highest BCUT2D eigenvalue weighted by Crippen LogP contribution is 2.41. The molecule has 1 fully saturated rings. The number of aromatic nitrogens is 1. The Morgan fingerprint density at radius 1 is 1.00 bits per heavy atom. The van der Waals surface area contributed by atoms with Crippen LogP contribution in [-0.2, 0) is 0 Å². The number of pyridine rings is 1. The third-order valence-corrected chi connectivity index (χ3v) is 4.83. The van der Waals surface area contributed by atoms with Crippen molar-refractivity contribution < 1.29 is 4.74 Å². The fourth-order valence-electron chi connectivity index (χ4n) is 3.70. The number of allylic oxidation sites excluding steroid dienone is 2. The summed E-state index contributed by atoms with van der Waals surface area (Å²) in [5, 5.41) is 3.53. The number of ether oxygens (including phenoxy) is 1. The summed E-state index contributed by atoms with van der Waals surface area (Å²) >= 11 is 0. The molecule has 0 radical (unpaired) electrons. The normalized spacial score (nSPS) is 23.7. The minimum Gasteiger partial charge on any atom is -0.456 e. The van der Waals surface area contributed by atoms with Crippen LogP contribution in [0.5, 0.6) is 11.5 Å². The van der Waals surface area contributed by atoms with Gasteiger partial charge in [0.05, 0.1) is 6.20 Å². The second-order valence-corrected chi connectivity index (χ2v) is 6.47. The van der Waals surface area contributed by atoms with Crippen LogP contribution < -0.4 is 10.1 Å². The van der Waals surface area contributed by atoms with Gasteiger partial charge in [-0.25, -0.2) is 0 Å². The second kappa shape index (κ2) is 6.55. The molecule has 2 aliphatic rings. The predicted molar refractivity (Wildman–Crippen MR) is 92.4 cm³/mol. The van der Waals surface area contributed by atoms with Gasteiger partial charge in [-0.1, -0.05) is 24.3 Å². The molecule has 2 atom stereocenters. The largest absolute Gasteiger partial charge is 0.456 e. The first-order valence-electron chi connectivity index (χ1n) is 8.49. The smallest absolute Gasteiger partial charge is 0.146 e. The van der Waals surface area contributed by atoms with E-state index in [-0.39, 0.29) is 0 Å². The average Bonchev–Trinajstić information content (AvgIpc) is 3.00. The maximum absolute atomic E-state index is 5.94. The molecule has 4 rings (SSSR count). The molecule has 1 aliphatic heterocycles. The van der Waals surface area contributed by atoms with Gasteiger partial charge in [0.2, 0.25) is 0 Å². The lowest BCUT2D eigenvalue weighted by molar-refractivity contribution is 0.420. The van der Waals surface area contributed by atoms with Crippen molar-refractivity contribution in [3.8, 4) is 11.5 Å². The van der Waals surface area contributed by atoms with Gasteiger partial charge < -0.3 is 10.1 Å². The molecule has 1 saturated heterocycles. The molecule has 0 spiro atoms. The summed E-state index contributed by atoms with van der Waals surface area (Å²) in [5.41, 5.74) is 2.68. The van der Waals surface area contributed by atoms with Crippen LogP contribution in [0.2, 0.25) is 0 Å². The van der Waals surface area contributed by atoms with E-state index in [9.17, 15) is 0 Å². The molecule has 3 heteroatoms. The summed E-state index contributed by atoms with van der Waals surface area (Å²) in [6, 6.07) is 12.0. The van der Waals surface area contributed by atoms with Gasteiger partial charge in [-0.2, -0.15) is 0 Å². The van der Waals surface area contributed by atoms with E-state index < -0.39 is 0 Å². The summed E-state index contributed by atoms with van der Waals surface area (Å²) in [4.78, 5) is 4.40. The van der Waals surface area contributed by atoms with Crippen molar-refractivity contribution in [3.63, 3.8) is 0 Å². The van der Waals surface area contributed by atoms with E-state index in [4.69, 9.17) is 4.74 Å². The maximum Gasteiger partial charge on any atom is 0.146 e. The van der Waals surface area contributed by atoms with Crippen molar-refractivity contribution >= 4 is 5.57 Å². The van der Waals surface area contributed by atoms with Crippen LogP contribution in [0.1, 0.15) is 24.8 Å². The molecule has 2 heterocycles. The summed E-state index contributed by atoms with van der Waals surface area (Å²) in [7, 11) is 0. The number of fused-ring (bicyclic) bond motifs is 2. The van der Waals surface area contributed by atoms with Crippen molar-refractivity contribution in [1.29, 1.82) is 0 Å². The minimum absolute atomic E-state index is 0.654. The molecule has 23 heavy (non-hydrogen) atoms. The molecule has 2 unspecified atom stereocenters. The standard InChI is InChI=1S/C20H22N2O/c1-2-4-18(5-3-1)23-19-12-17(13-22-14-19)20-11-15-6-8-21-9-7-16(20)10-15/h1-5,11-16,21H,6-10H2. The number of benzene rings is 1. The number of nitrogens with one attached hydrogen (secondary N) is 1. The van der Waals surface area contributed by atoms with Crippen LogP contribution >= 0.6 is 0 Å². The molecule has 1 aromatic heterocycles. The summed E-state index contributed by atoms with van der Waals surface area (Å²) in [5.74, 6) is 3.02. The highest BCUT2D eigenvalue weighted by atomic mass is 16.5. The molecule has 1 aromatic carbocycles. The Morgan fingerprint density at radius 3 is 2.78 bits per heavy atom. The molecular formula is C20H22N2O. The molecule has 118 valence electrons. The van der Waals surface area contributed by atoms with Gasteiger partial charge >= 0.3 is 0 Å². The van der Waals surface area contributed by atoms with E-state index in [1.807, 2.05) is 36.5 Å². The van der Waals surface area contributed by atoms with Crippen molar-refractivity contribution in [2.75, 3.05) is 13.1 Å². The fourth-order valence-corrected chi connectivity index (χ4v) is 3.70. The zero-order chi connectivity index (χ0) is 15.5. The lowest BCUT2D eigenvalue weighted by atomic mass is 9.91. The van der Waals surface area contributed by atoms with Gasteiger partial charge in [0.15, 0.2) is 0 Å². The second-order valence-electron chi connectivity index (χ2n) is 6.47. The lowest BCUT2D eigenvalue weighted by Crippen LogP contribution is -2.23.